The molecule has 0 bridgehead atoms. The fourth-order valence-electron chi connectivity index (χ4n) is 2.35. The monoisotopic (exact) mass is 287 g/mol. The summed E-state index contributed by atoms with van der Waals surface area (Å²) in [5, 5.41) is 8.51. The van der Waals surface area contributed by atoms with Crippen LogP contribution in [0.2, 0.25) is 0 Å². The maximum Gasteiger partial charge on any atom is 0.303 e. The fourth-order valence-corrected chi connectivity index (χ4v) is 2.35. The summed E-state index contributed by atoms with van der Waals surface area (Å²) in [6, 6.07) is 0. The van der Waals surface area contributed by atoms with Gasteiger partial charge in [-0.15, -0.1) is 0 Å². The van der Waals surface area contributed by atoms with Crippen LogP contribution in [0.15, 0.2) is 12.2 Å². The van der Waals surface area contributed by atoms with Gasteiger partial charge in [-0.2, -0.15) is 0 Å². The van der Waals surface area contributed by atoms with Crippen molar-refractivity contribution in [3.63, 3.8) is 0 Å². The summed E-state index contributed by atoms with van der Waals surface area (Å²) in [4.78, 5) is 10.3. The molecule has 0 aromatic carbocycles. The molecule has 2 nitrogen and oxygen atoms in total. The van der Waals surface area contributed by atoms with E-state index in [2.05, 4.69) is 19.1 Å². The standard InChI is InChI=1S/C18H34O2/c1-2-3-4-5-6-7-8-9-10-11-12-13-14-15-16-17-18(19)20/h9-10H,2-8,11-17H2,1H3,(H,19,20)/b10-9+/i11+1,12+1,16+1,17+1,18+1. The van der Waals surface area contributed by atoms with E-state index in [1.807, 2.05) is 0 Å². The highest BCUT2D eigenvalue weighted by atomic mass is 16.5. The molecule has 0 aliphatic rings. The van der Waals surface area contributed by atoms with Crippen LogP contribution in [0.1, 0.15) is 96.8 Å². The minimum atomic E-state index is -0.664. The lowest BCUT2D eigenvalue weighted by molar-refractivity contribution is -0.137. The maximum absolute atomic E-state index is 10.3. The Labute approximate surface area is 125 Å². The quantitative estimate of drug-likeness (QED) is 0.224. The summed E-state index contributed by atoms with van der Waals surface area (Å²) in [6.45, 7) is 2.26. The van der Waals surface area contributed by atoms with Gasteiger partial charge in [-0.05, 0) is 32.1 Å². The van der Waals surface area contributed by atoms with Crippen molar-refractivity contribution in [2.24, 2.45) is 0 Å². The second-order valence-corrected chi connectivity index (χ2v) is 5.73. The largest absolute Gasteiger partial charge is 0.481 e. The van der Waals surface area contributed by atoms with Gasteiger partial charge in [0.15, 0.2) is 0 Å². The molecule has 118 valence electrons. The Bertz CT molecular complexity index is 234. The van der Waals surface area contributed by atoms with Crippen LogP contribution >= 0.6 is 0 Å². The van der Waals surface area contributed by atoms with Gasteiger partial charge in [0.05, 0.1) is 0 Å². The van der Waals surface area contributed by atoms with E-state index in [9.17, 15) is 4.79 Å². The van der Waals surface area contributed by atoms with Gasteiger partial charge in [0, 0.05) is 6.42 Å². The first-order valence-electron chi connectivity index (χ1n) is 8.64. The number of allylic oxidation sites excluding steroid dienone is 2. The van der Waals surface area contributed by atoms with E-state index in [0.29, 0.717) is 6.42 Å². The van der Waals surface area contributed by atoms with E-state index in [-0.39, 0.29) is 0 Å². The molecule has 0 atom stereocenters. The molecule has 0 aromatic rings. The number of hydrogen-bond donors (Lipinski definition) is 1. The van der Waals surface area contributed by atoms with Crippen molar-refractivity contribution < 1.29 is 9.90 Å². The van der Waals surface area contributed by atoms with Gasteiger partial charge in [0.1, 0.15) is 0 Å². The molecular formula is C18H34O2. The van der Waals surface area contributed by atoms with Crippen molar-refractivity contribution in [1.29, 1.82) is 0 Å². The Kier molecular flexibility index (Phi) is 15.6. The number of carboxylic acids is 1. The fraction of sp³-hybridized carbons (Fsp3) is 0.833. The lowest BCUT2D eigenvalue weighted by Gasteiger charge is -1.99. The topological polar surface area (TPSA) is 37.3 Å². The van der Waals surface area contributed by atoms with Crippen molar-refractivity contribution in [3.05, 3.63) is 12.2 Å². The molecule has 0 heterocycles. The summed E-state index contributed by atoms with van der Waals surface area (Å²) in [5.41, 5.74) is 0. The van der Waals surface area contributed by atoms with Crippen LogP contribution in [-0.4, -0.2) is 11.1 Å². The lowest BCUT2D eigenvalue weighted by atomic mass is 10.1. The molecule has 0 radical (unpaired) electrons. The minimum absolute atomic E-state index is 0.332. The zero-order chi connectivity index (χ0) is 14.9. The number of unbranched alkanes of at least 4 members (excludes halogenated alkanes) is 11. The highest BCUT2D eigenvalue weighted by molar-refractivity contribution is 5.66. The van der Waals surface area contributed by atoms with E-state index in [1.165, 1.54) is 70.6 Å². The molecule has 0 aliphatic heterocycles. The smallest absolute Gasteiger partial charge is 0.303 e. The van der Waals surface area contributed by atoms with E-state index in [0.717, 1.165) is 12.8 Å². The summed E-state index contributed by atoms with van der Waals surface area (Å²) >= 11 is 0. The Morgan fingerprint density at radius 3 is 1.70 bits per heavy atom. The lowest BCUT2D eigenvalue weighted by Crippen LogP contribution is -1.93. The number of carboxylic acid groups (broad SMARTS) is 1. The van der Waals surface area contributed by atoms with Gasteiger partial charge in [-0.25, -0.2) is 0 Å². The average molecular weight is 287 g/mol. The van der Waals surface area contributed by atoms with Gasteiger partial charge in [0.25, 0.3) is 0 Å². The third-order valence-corrected chi connectivity index (χ3v) is 3.65. The van der Waals surface area contributed by atoms with Gasteiger partial charge < -0.3 is 5.11 Å². The van der Waals surface area contributed by atoms with E-state index in [1.54, 1.807) is 0 Å². The molecule has 0 saturated heterocycles. The summed E-state index contributed by atoms with van der Waals surface area (Å²) < 4.78 is 0. The van der Waals surface area contributed by atoms with E-state index in [4.69, 9.17) is 5.11 Å². The summed E-state index contributed by atoms with van der Waals surface area (Å²) in [7, 11) is 0. The van der Waals surface area contributed by atoms with Crippen molar-refractivity contribution in [2.75, 3.05) is 0 Å². The Hall–Kier alpha value is -0.790. The van der Waals surface area contributed by atoms with Crippen LogP contribution in [0.3, 0.4) is 0 Å². The Morgan fingerprint density at radius 2 is 1.20 bits per heavy atom. The zero-order valence-electron chi connectivity index (χ0n) is 13.4. The third-order valence-electron chi connectivity index (χ3n) is 3.65. The molecule has 0 unspecified atom stereocenters. The first-order chi connectivity index (χ1) is 9.77. The molecule has 1 N–H and O–H groups in total. The SMILES string of the molecule is CCCCCCCC/C=C/[13CH2][13CH2]CCC[13CH2][13CH2][13C](=O)O. The number of hydrogen-bond acceptors (Lipinski definition) is 1. The van der Waals surface area contributed by atoms with Gasteiger partial charge in [-0.1, -0.05) is 70.4 Å². The van der Waals surface area contributed by atoms with Crippen molar-refractivity contribution in [1.82, 2.24) is 0 Å². The van der Waals surface area contributed by atoms with E-state index < -0.39 is 5.97 Å². The number of rotatable bonds is 15. The second-order valence-electron chi connectivity index (χ2n) is 5.73. The predicted octanol–water partition coefficient (Wildman–Crippen LogP) is 6.11. The number of carbonyl (C=O) groups is 1. The molecule has 0 saturated carbocycles. The van der Waals surface area contributed by atoms with E-state index >= 15 is 0 Å². The molecule has 0 spiro atoms. The molecule has 0 rings (SSSR count). The van der Waals surface area contributed by atoms with Crippen LogP contribution in [0.5, 0.6) is 0 Å². The summed E-state index contributed by atoms with van der Waals surface area (Å²) in [5.74, 6) is -0.664. The van der Waals surface area contributed by atoms with Crippen LogP contribution in [-0.2, 0) is 4.79 Å². The molecule has 20 heavy (non-hydrogen) atoms. The molecular weight excluding hydrogens is 253 g/mol. The van der Waals surface area contributed by atoms with Crippen molar-refractivity contribution >= 4 is 5.97 Å². The van der Waals surface area contributed by atoms with Crippen molar-refractivity contribution in [2.45, 2.75) is 96.8 Å². The molecule has 0 amide bonds. The van der Waals surface area contributed by atoms with Gasteiger partial charge in [-0.3, -0.25) is 4.79 Å². The Balaban J connectivity index is 3.07. The Morgan fingerprint density at radius 1 is 0.750 bits per heavy atom. The first-order valence-corrected chi connectivity index (χ1v) is 8.64. The molecule has 0 fully saturated rings. The molecule has 0 aromatic heterocycles. The normalized spacial score (nSPS) is 11.2. The predicted molar refractivity (Wildman–Crippen MR) is 87.1 cm³/mol. The van der Waals surface area contributed by atoms with Crippen LogP contribution in [0, 0.1) is 0 Å². The second kappa shape index (κ2) is 16.3. The zero-order valence-corrected chi connectivity index (χ0v) is 13.4. The third kappa shape index (κ3) is 17.2. The number of aliphatic carboxylic acids is 1. The minimum Gasteiger partial charge on any atom is -0.481 e. The van der Waals surface area contributed by atoms with Crippen LogP contribution in [0.4, 0.5) is 0 Å². The molecule has 2 heteroatoms. The van der Waals surface area contributed by atoms with Gasteiger partial charge in [0.2, 0.25) is 0 Å². The average Bonchev–Trinajstić information content (AvgIpc) is 2.43. The highest BCUT2D eigenvalue weighted by Gasteiger charge is 1.95. The molecule has 0 aliphatic carbocycles. The summed E-state index contributed by atoms with van der Waals surface area (Å²) in [6.07, 6.45) is 21.2. The first kappa shape index (κ1) is 19.2. The van der Waals surface area contributed by atoms with Crippen LogP contribution < -0.4 is 0 Å². The van der Waals surface area contributed by atoms with Crippen molar-refractivity contribution in [3.8, 4) is 0 Å². The maximum atomic E-state index is 10.3. The van der Waals surface area contributed by atoms with Gasteiger partial charge >= 0.3 is 5.97 Å². The van der Waals surface area contributed by atoms with Crippen LogP contribution in [0.25, 0.3) is 0 Å². The highest BCUT2D eigenvalue weighted by Crippen LogP contribution is 2.09.